The molecule has 0 bridgehead atoms. The van der Waals surface area contributed by atoms with Gasteiger partial charge in [0, 0.05) is 75.5 Å². The fourth-order valence-corrected chi connectivity index (χ4v) is 7.54. The molecule has 3 saturated heterocycles. The van der Waals surface area contributed by atoms with E-state index in [1.807, 2.05) is 6.92 Å². The van der Waals surface area contributed by atoms with Crippen LogP contribution in [-0.4, -0.2) is 94.2 Å². The summed E-state index contributed by atoms with van der Waals surface area (Å²) in [5.74, 6) is -2.17. The van der Waals surface area contributed by atoms with Crippen LogP contribution in [0.5, 0.6) is 0 Å². The number of hydrogen-bond donors (Lipinski definition) is 0. The lowest BCUT2D eigenvalue weighted by molar-refractivity contribution is -0.149. The van der Waals surface area contributed by atoms with Gasteiger partial charge in [0.15, 0.2) is 5.82 Å². The second-order valence-electron chi connectivity index (χ2n) is 13.3. The number of carbonyl (C=O) groups excluding carboxylic acids is 1. The first kappa shape index (κ1) is 26.5. The van der Waals surface area contributed by atoms with Crippen LogP contribution in [-0.2, 0) is 10.2 Å². The van der Waals surface area contributed by atoms with Crippen LogP contribution in [0.25, 0.3) is 0 Å². The predicted molar refractivity (Wildman–Crippen MR) is 136 cm³/mol. The number of likely N-dealkylation sites (tertiary alicyclic amines) is 3. The van der Waals surface area contributed by atoms with E-state index in [-0.39, 0.29) is 36.1 Å². The highest BCUT2D eigenvalue weighted by molar-refractivity contribution is 5.76. The Hall–Kier alpha value is -1.68. The number of halogens is 3. The van der Waals surface area contributed by atoms with Gasteiger partial charge in [-0.15, -0.1) is 0 Å². The molecular weight excluding hydrogens is 495 g/mol. The van der Waals surface area contributed by atoms with Gasteiger partial charge in [0.2, 0.25) is 11.8 Å². The molecular formula is C28H42F3N5O2. The molecule has 0 spiro atoms. The van der Waals surface area contributed by atoms with E-state index >= 15 is 8.78 Å². The summed E-state index contributed by atoms with van der Waals surface area (Å²) in [7, 11) is 0. The van der Waals surface area contributed by atoms with E-state index in [4.69, 9.17) is 4.52 Å². The van der Waals surface area contributed by atoms with Crippen LogP contribution >= 0.6 is 0 Å². The lowest BCUT2D eigenvalue weighted by atomic mass is 9.77. The van der Waals surface area contributed by atoms with Crippen molar-refractivity contribution >= 4 is 5.91 Å². The van der Waals surface area contributed by atoms with Gasteiger partial charge >= 0.3 is 0 Å². The third-order valence-corrected chi connectivity index (χ3v) is 10.4. The Labute approximate surface area is 223 Å². The van der Waals surface area contributed by atoms with E-state index in [0.29, 0.717) is 68.4 Å². The quantitative estimate of drug-likeness (QED) is 0.541. The highest BCUT2D eigenvalue weighted by Gasteiger charge is 2.53. The van der Waals surface area contributed by atoms with Crippen molar-refractivity contribution in [3.8, 4) is 0 Å². The average Bonchev–Trinajstić information content (AvgIpc) is 3.25. The van der Waals surface area contributed by atoms with Crippen molar-refractivity contribution in [1.29, 1.82) is 0 Å². The van der Waals surface area contributed by atoms with Gasteiger partial charge in [-0.3, -0.25) is 9.69 Å². The molecule has 2 saturated carbocycles. The molecule has 0 N–H and O–H groups in total. The lowest BCUT2D eigenvalue weighted by Gasteiger charge is -2.44. The average molecular weight is 538 g/mol. The van der Waals surface area contributed by atoms with Gasteiger partial charge in [0.25, 0.3) is 5.92 Å². The van der Waals surface area contributed by atoms with Gasteiger partial charge < -0.3 is 14.3 Å². The lowest BCUT2D eigenvalue weighted by Crippen LogP contribution is -2.53. The number of carbonyl (C=O) groups is 1. The minimum absolute atomic E-state index is 0.0930. The highest BCUT2D eigenvalue weighted by Crippen LogP contribution is 2.46. The molecule has 10 heteroatoms. The summed E-state index contributed by atoms with van der Waals surface area (Å²) in [6.07, 6.45) is 1.86. The first-order chi connectivity index (χ1) is 18.0. The van der Waals surface area contributed by atoms with E-state index in [1.54, 1.807) is 4.90 Å². The van der Waals surface area contributed by atoms with Gasteiger partial charge in [-0.25, -0.2) is 13.2 Å². The van der Waals surface area contributed by atoms with Gasteiger partial charge in [-0.05, 0) is 57.8 Å². The summed E-state index contributed by atoms with van der Waals surface area (Å²) in [6, 6.07) is 0.294. The molecule has 2 aliphatic carbocycles. The molecule has 7 nitrogen and oxygen atoms in total. The van der Waals surface area contributed by atoms with E-state index in [1.165, 1.54) is 0 Å². The topological polar surface area (TPSA) is 65.7 Å². The Bertz CT molecular complexity index is 1010. The summed E-state index contributed by atoms with van der Waals surface area (Å²) >= 11 is 0. The Morgan fingerprint density at radius 1 is 1.11 bits per heavy atom. The molecule has 1 amide bonds. The van der Waals surface area contributed by atoms with E-state index in [9.17, 15) is 9.18 Å². The maximum Gasteiger partial charge on any atom is 0.252 e. The van der Waals surface area contributed by atoms with Crippen LogP contribution in [0, 0.1) is 17.8 Å². The molecule has 1 aromatic heterocycles. The molecule has 4 heterocycles. The van der Waals surface area contributed by atoms with Crippen molar-refractivity contribution in [3.05, 3.63) is 11.7 Å². The van der Waals surface area contributed by atoms with E-state index in [2.05, 4.69) is 33.8 Å². The molecule has 212 valence electrons. The fourth-order valence-electron chi connectivity index (χ4n) is 7.54. The smallest absolute Gasteiger partial charge is 0.252 e. The van der Waals surface area contributed by atoms with E-state index in [0.717, 1.165) is 32.6 Å². The maximum atomic E-state index is 15.3. The summed E-state index contributed by atoms with van der Waals surface area (Å²) in [5.41, 5.74) is -0.367. The standard InChI is InChI=1S/C28H42F3N5O2/c1-17(2)35-13-18-15-36(16-19(18)14-35)23-5-4-6-28(30,31)21(23)12-24(37)34-9-7-27(3,8-10-34)26-32-25(38-33-26)20-11-22(20)29/h17-23H,4-16H2,1-3H3/t18?,19?,20-,21-,22+,23+/m1/s1. The zero-order valence-corrected chi connectivity index (χ0v) is 22.9. The van der Waals surface area contributed by atoms with Gasteiger partial charge in [0.1, 0.15) is 6.17 Å². The third kappa shape index (κ3) is 4.88. The van der Waals surface area contributed by atoms with Crippen molar-refractivity contribution in [1.82, 2.24) is 24.8 Å². The normalized spacial score (nSPS) is 37.1. The van der Waals surface area contributed by atoms with Crippen LogP contribution < -0.4 is 0 Å². The van der Waals surface area contributed by atoms with Crippen LogP contribution in [0.1, 0.15) is 83.3 Å². The predicted octanol–water partition coefficient (Wildman–Crippen LogP) is 4.24. The van der Waals surface area contributed by atoms with Gasteiger partial charge in [-0.2, -0.15) is 4.98 Å². The zero-order valence-electron chi connectivity index (χ0n) is 22.9. The maximum absolute atomic E-state index is 15.3. The monoisotopic (exact) mass is 537 g/mol. The van der Waals surface area contributed by atoms with Crippen LogP contribution in [0.3, 0.4) is 0 Å². The number of rotatable bonds is 6. The number of aromatic nitrogens is 2. The van der Waals surface area contributed by atoms with Crippen LogP contribution in [0.4, 0.5) is 13.2 Å². The summed E-state index contributed by atoms with van der Waals surface area (Å²) in [4.78, 5) is 24.4. The van der Waals surface area contributed by atoms with Crippen molar-refractivity contribution in [3.63, 3.8) is 0 Å². The van der Waals surface area contributed by atoms with Crippen LogP contribution in [0.2, 0.25) is 0 Å². The molecule has 6 atom stereocenters. The van der Waals surface area contributed by atoms with Crippen molar-refractivity contribution in [2.75, 3.05) is 39.3 Å². The van der Waals surface area contributed by atoms with Crippen LogP contribution in [0.15, 0.2) is 4.52 Å². The zero-order chi connectivity index (χ0) is 26.8. The highest BCUT2D eigenvalue weighted by atomic mass is 19.3. The fraction of sp³-hybridized carbons (Fsp3) is 0.893. The minimum Gasteiger partial charge on any atom is -0.343 e. The summed E-state index contributed by atoms with van der Waals surface area (Å²) in [6.45, 7) is 11.3. The number of piperidine rings is 1. The Kier molecular flexibility index (Phi) is 6.81. The molecule has 2 unspecified atom stereocenters. The minimum atomic E-state index is -2.82. The molecule has 3 aliphatic heterocycles. The van der Waals surface area contributed by atoms with Crippen molar-refractivity contribution < 1.29 is 22.5 Å². The molecule has 0 aromatic carbocycles. The third-order valence-electron chi connectivity index (χ3n) is 10.4. The Balaban J connectivity index is 1.07. The molecule has 0 radical (unpaired) electrons. The first-order valence-electron chi connectivity index (χ1n) is 14.7. The number of hydrogen-bond acceptors (Lipinski definition) is 6. The largest absolute Gasteiger partial charge is 0.343 e. The van der Waals surface area contributed by atoms with Gasteiger partial charge in [0.05, 0.1) is 5.92 Å². The second-order valence-corrected chi connectivity index (χ2v) is 13.3. The van der Waals surface area contributed by atoms with Crippen molar-refractivity contribution in [2.45, 2.75) is 101 Å². The molecule has 5 fully saturated rings. The summed E-state index contributed by atoms with van der Waals surface area (Å²) < 4.78 is 49.4. The Morgan fingerprint density at radius 3 is 2.37 bits per heavy atom. The second kappa shape index (κ2) is 9.75. The SMILES string of the molecule is CC(C)N1CC2CN([C@H]3CCCC(F)(F)[C@@H]3CC(=O)N3CCC(C)(c4noc([C@@H]5C[C@@H]5F)n4)CC3)CC2C1. The number of fused-ring (bicyclic) bond motifs is 1. The molecule has 38 heavy (non-hydrogen) atoms. The first-order valence-corrected chi connectivity index (χ1v) is 14.7. The molecule has 5 aliphatic rings. The molecule has 1 aromatic rings. The van der Waals surface area contributed by atoms with Crippen molar-refractivity contribution in [2.24, 2.45) is 17.8 Å². The number of alkyl halides is 3. The number of nitrogens with zero attached hydrogens (tertiary/aromatic N) is 5. The Morgan fingerprint density at radius 2 is 1.76 bits per heavy atom. The van der Waals surface area contributed by atoms with Gasteiger partial charge in [-0.1, -0.05) is 12.1 Å². The number of amides is 1. The van der Waals surface area contributed by atoms with E-state index < -0.39 is 18.0 Å². The summed E-state index contributed by atoms with van der Waals surface area (Å²) in [5, 5.41) is 4.12. The molecule has 6 rings (SSSR count).